The maximum absolute atomic E-state index is 13.9. The zero-order valence-corrected chi connectivity index (χ0v) is 20.5. The average Bonchev–Trinajstić information content (AvgIpc) is 3.28. The normalized spacial score (nSPS) is 14.1. The highest BCUT2D eigenvalue weighted by atomic mass is 16.5. The summed E-state index contributed by atoms with van der Waals surface area (Å²) in [4.78, 5) is 29.1. The molecule has 1 atom stereocenters. The predicted molar refractivity (Wildman–Crippen MR) is 134 cm³/mol. The first-order valence-corrected chi connectivity index (χ1v) is 11.8. The fourth-order valence-electron chi connectivity index (χ4n) is 4.84. The van der Waals surface area contributed by atoms with Crippen LogP contribution in [0, 0.1) is 13.8 Å². The Bertz CT molecular complexity index is 1390. The number of hydrogen-bond donors (Lipinski definition) is 0. The number of nitrogens with zero attached hydrogens (tertiary/aromatic N) is 5. The van der Waals surface area contributed by atoms with Gasteiger partial charge < -0.3 is 14.2 Å². The van der Waals surface area contributed by atoms with Crippen molar-refractivity contribution in [2.75, 3.05) is 13.7 Å². The molecule has 1 aromatic carbocycles. The molecule has 1 aliphatic heterocycles. The topological polar surface area (TPSA) is 73.1 Å². The van der Waals surface area contributed by atoms with E-state index < -0.39 is 0 Å². The third-order valence-corrected chi connectivity index (χ3v) is 6.89. The summed E-state index contributed by atoms with van der Waals surface area (Å²) in [5, 5.41) is 0. The van der Waals surface area contributed by atoms with Crippen LogP contribution < -0.4 is 4.74 Å². The summed E-state index contributed by atoms with van der Waals surface area (Å²) < 4.78 is 7.46. The Morgan fingerprint density at radius 2 is 1.86 bits per heavy atom. The maximum Gasteiger partial charge on any atom is 0.254 e. The van der Waals surface area contributed by atoms with Gasteiger partial charge in [-0.2, -0.15) is 0 Å². The summed E-state index contributed by atoms with van der Waals surface area (Å²) in [5.41, 5.74) is 7.00. The van der Waals surface area contributed by atoms with Crippen molar-refractivity contribution in [2.24, 2.45) is 0 Å². The monoisotopic (exact) mass is 467 g/mol. The van der Waals surface area contributed by atoms with Gasteiger partial charge in [0, 0.05) is 61.3 Å². The van der Waals surface area contributed by atoms with Crippen molar-refractivity contribution in [3.63, 3.8) is 0 Å². The van der Waals surface area contributed by atoms with Crippen LogP contribution in [-0.4, -0.2) is 44.0 Å². The Balaban J connectivity index is 1.58. The molecule has 0 fully saturated rings. The molecule has 0 saturated heterocycles. The van der Waals surface area contributed by atoms with Gasteiger partial charge in [-0.1, -0.05) is 0 Å². The summed E-state index contributed by atoms with van der Waals surface area (Å²) in [6.45, 7) is 7.36. The number of methoxy groups -OCH3 is 1. The van der Waals surface area contributed by atoms with E-state index in [9.17, 15) is 4.79 Å². The molecular formula is C28H29N5O2. The number of ether oxygens (including phenoxy) is 1. The number of amides is 1. The van der Waals surface area contributed by atoms with Crippen molar-refractivity contribution in [2.45, 2.75) is 39.8 Å². The van der Waals surface area contributed by atoms with E-state index in [0.717, 1.165) is 57.1 Å². The molecule has 3 aromatic heterocycles. The predicted octanol–water partition coefficient (Wildman–Crippen LogP) is 4.77. The van der Waals surface area contributed by atoms with Gasteiger partial charge in [-0.3, -0.25) is 14.8 Å². The number of hydrogen-bond acceptors (Lipinski definition) is 5. The van der Waals surface area contributed by atoms with Crippen LogP contribution in [0.5, 0.6) is 5.75 Å². The molecule has 4 heterocycles. The van der Waals surface area contributed by atoms with E-state index in [1.165, 1.54) is 0 Å². The van der Waals surface area contributed by atoms with Crippen LogP contribution >= 0.6 is 0 Å². The number of aryl methyl sites for hydroxylation is 2. The van der Waals surface area contributed by atoms with Gasteiger partial charge in [-0.05, 0) is 73.7 Å². The molecule has 1 aliphatic rings. The van der Waals surface area contributed by atoms with Crippen LogP contribution in [-0.2, 0) is 13.0 Å². The van der Waals surface area contributed by atoms with Crippen LogP contribution in [0.25, 0.3) is 11.1 Å². The number of fused-ring (bicyclic) bond motifs is 1. The Hall–Kier alpha value is -4.00. The lowest BCUT2D eigenvalue weighted by atomic mass is 9.87. The van der Waals surface area contributed by atoms with E-state index in [2.05, 4.69) is 32.5 Å². The molecule has 0 bridgehead atoms. The second-order valence-corrected chi connectivity index (χ2v) is 9.01. The van der Waals surface area contributed by atoms with E-state index in [-0.39, 0.29) is 11.9 Å². The molecule has 0 spiro atoms. The lowest BCUT2D eigenvalue weighted by molar-refractivity contribution is 0.0669. The van der Waals surface area contributed by atoms with Gasteiger partial charge in [0.25, 0.3) is 5.91 Å². The molecule has 1 amide bonds. The summed E-state index contributed by atoms with van der Waals surface area (Å²) in [6.07, 6.45) is 9.96. The molecule has 0 N–H and O–H groups in total. The molecule has 0 unspecified atom stereocenters. The molecular weight excluding hydrogens is 438 g/mol. The standard InChI is InChI=1S/C28H29N5O2/c1-18-5-8-29-16-26(18)24-13-21(17-32-12-10-30-20(32)3)14-25-23(24)7-11-33(28(25)34)19(2)27-15-22(35-4)6-9-31-27/h5-6,8-10,12-16,19H,7,11,17H2,1-4H3/t19-/m0/s1. The first-order chi connectivity index (χ1) is 17.0. The second kappa shape index (κ2) is 9.33. The maximum atomic E-state index is 13.9. The zero-order chi connectivity index (χ0) is 24.5. The van der Waals surface area contributed by atoms with Gasteiger partial charge in [0.1, 0.15) is 11.6 Å². The fourth-order valence-corrected chi connectivity index (χ4v) is 4.84. The van der Waals surface area contributed by atoms with Crippen molar-refractivity contribution < 1.29 is 9.53 Å². The van der Waals surface area contributed by atoms with Crippen molar-refractivity contribution >= 4 is 5.91 Å². The van der Waals surface area contributed by atoms with Crippen LogP contribution in [0.4, 0.5) is 0 Å². The van der Waals surface area contributed by atoms with Gasteiger partial charge in [0.05, 0.1) is 18.8 Å². The van der Waals surface area contributed by atoms with Crippen LogP contribution in [0.2, 0.25) is 0 Å². The molecule has 4 aromatic rings. The Labute approximate surface area is 205 Å². The highest BCUT2D eigenvalue weighted by Gasteiger charge is 2.31. The quantitative estimate of drug-likeness (QED) is 0.408. The number of carbonyl (C=O) groups excluding carboxylic acids is 1. The zero-order valence-electron chi connectivity index (χ0n) is 20.5. The number of aromatic nitrogens is 4. The summed E-state index contributed by atoms with van der Waals surface area (Å²) >= 11 is 0. The summed E-state index contributed by atoms with van der Waals surface area (Å²) in [5.74, 6) is 1.70. The van der Waals surface area contributed by atoms with Gasteiger partial charge >= 0.3 is 0 Å². The molecule has 35 heavy (non-hydrogen) atoms. The molecule has 0 aliphatic carbocycles. The molecule has 0 radical (unpaired) electrons. The van der Waals surface area contributed by atoms with E-state index in [1.54, 1.807) is 25.7 Å². The van der Waals surface area contributed by atoms with Gasteiger partial charge in [0.2, 0.25) is 0 Å². The second-order valence-electron chi connectivity index (χ2n) is 9.01. The van der Waals surface area contributed by atoms with Crippen molar-refractivity contribution in [1.29, 1.82) is 0 Å². The van der Waals surface area contributed by atoms with Gasteiger partial charge in [-0.25, -0.2) is 4.98 Å². The molecule has 5 rings (SSSR count). The van der Waals surface area contributed by atoms with E-state index >= 15 is 0 Å². The molecule has 7 nitrogen and oxygen atoms in total. The fraction of sp³-hybridized carbons (Fsp3) is 0.286. The minimum atomic E-state index is -0.172. The first-order valence-electron chi connectivity index (χ1n) is 11.8. The van der Waals surface area contributed by atoms with E-state index in [1.807, 2.05) is 55.4 Å². The third-order valence-electron chi connectivity index (χ3n) is 6.89. The van der Waals surface area contributed by atoms with Crippen LogP contribution in [0.3, 0.4) is 0 Å². The highest BCUT2D eigenvalue weighted by molar-refractivity contribution is 5.99. The Kier molecular flexibility index (Phi) is 6.07. The molecule has 7 heteroatoms. The SMILES string of the molecule is COc1ccnc([C@H](C)N2CCc3c(cc(Cn4ccnc4C)cc3-c3cnccc3C)C2=O)c1. The first kappa shape index (κ1) is 22.8. The average molecular weight is 468 g/mol. The van der Waals surface area contributed by atoms with Gasteiger partial charge in [-0.15, -0.1) is 0 Å². The van der Waals surface area contributed by atoms with Crippen LogP contribution in [0.1, 0.15) is 51.5 Å². The van der Waals surface area contributed by atoms with Crippen LogP contribution in [0.15, 0.2) is 61.3 Å². The minimum Gasteiger partial charge on any atom is -0.497 e. The third kappa shape index (κ3) is 4.30. The van der Waals surface area contributed by atoms with Gasteiger partial charge in [0.15, 0.2) is 0 Å². The van der Waals surface area contributed by atoms with Crippen molar-refractivity contribution in [3.8, 4) is 16.9 Å². The van der Waals surface area contributed by atoms with E-state index in [4.69, 9.17) is 4.74 Å². The number of rotatable bonds is 6. The number of carbonyl (C=O) groups is 1. The molecule has 0 saturated carbocycles. The van der Waals surface area contributed by atoms with Crippen molar-refractivity contribution in [1.82, 2.24) is 24.4 Å². The lowest BCUT2D eigenvalue weighted by Gasteiger charge is -2.34. The summed E-state index contributed by atoms with van der Waals surface area (Å²) in [6, 6.07) is 9.81. The number of benzene rings is 1. The highest BCUT2D eigenvalue weighted by Crippen LogP contribution is 2.36. The van der Waals surface area contributed by atoms with Crippen molar-refractivity contribution in [3.05, 3.63) is 95.1 Å². The van der Waals surface area contributed by atoms with E-state index in [0.29, 0.717) is 13.1 Å². The summed E-state index contributed by atoms with van der Waals surface area (Å²) in [7, 11) is 1.64. The largest absolute Gasteiger partial charge is 0.497 e. The smallest absolute Gasteiger partial charge is 0.254 e. The Morgan fingerprint density at radius 3 is 2.60 bits per heavy atom. The number of pyridine rings is 2. The Morgan fingerprint density at radius 1 is 1.03 bits per heavy atom. The lowest BCUT2D eigenvalue weighted by Crippen LogP contribution is -2.40. The molecule has 178 valence electrons. The number of imidazole rings is 1. The minimum absolute atomic E-state index is 0.0235.